The van der Waals surface area contributed by atoms with E-state index in [9.17, 15) is 0 Å². The van der Waals surface area contributed by atoms with Gasteiger partial charge in [0, 0.05) is 11.5 Å². The Morgan fingerprint density at radius 3 is 2.94 bits per heavy atom. The van der Waals surface area contributed by atoms with Crippen LogP contribution in [0.5, 0.6) is 0 Å². The first-order valence-electron chi connectivity index (χ1n) is 6.32. The lowest BCUT2D eigenvalue weighted by molar-refractivity contribution is 0.271. The second-order valence-electron chi connectivity index (χ2n) is 5.26. The summed E-state index contributed by atoms with van der Waals surface area (Å²) in [6.45, 7) is 2.29. The van der Waals surface area contributed by atoms with E-state index in [1.54, 1.807) is 0 Å². The van der Waals surface area contributed by atoms with Crippen LogP contribution in [-0.4, -0.2) is 11.0 Å². The summed E-state index contributed by atoms with van der Waals surface area (Å²) in [7, 11) is 0. The van der Waals surface area contributed by atoms with Gasteiger partial charge in [0.1, 0.15) is 5.01 Å². The van der Waals surface area contributed by atoms with Crippen molar-refractivity contribution >= 4 is 21.6 Å². The average molecular weight is 246 g/mol. The molecule has 90 valence electrons. The SMILES string of the molecule is CC1(c2nc3ccccc3s2)CCCCC1N. The van der Waals surface area contributed by atoms with Gasteiger partial charge in [0.05, 0.1) is 10.2 Å². The monoisotopic (exact) mass is 246 g/mol. The lowest BCUT2D eigenvalue weighted by atomic mass is 9.72. The normalized spacial score (nSPS) is 29.6. The third-order valence-corrected chi connectivity index (χ3v) is 5.38. The number of aromatic nitrogens is 1. The van der Waals surface area contributed by atoms with Gasteiger partial charge in [-0.05, 0) is 25.0 Å². The predicted molar refractivity (Wildman–Crippen MR) is 73.4 cm³/mol. The number of para-hydroxylation sites is 1. The van der Waals surface area contributed by atoms with Gasteiger partial charge in [-0.15, -0.1) is 11.3 Å². The number of nitrogens with two attached hydrogens (primary N) is 1. The molecule has 0 radical (unpaired) electrons. The van der Waals surface area contributed by atoms with E-state index in [2.05, 4.69) is 31.2 Å². The molecule has 0 bridgehead atoms. The number of rotatable bonds is 1. The molecule has 1 aliphatic carbocycles. The van der Waals surface area contributed by atoms with Gasteiger partial charge in [0.15, 0.2) is 0 Å². The fraction of sp³-hybridized carbons (Fsp3) is 0.500. The first kappa shape index (κ1) is 11.2. The van der Waals surface area contributed by atoms with Gasteiger partial charge >= 0.3 is 0 Å². The minimum absolute atomic E-state index is 0.0853. The van der Waals surface area contributed by atoms with E-state index in [4.69, 9.17) is 10.7 Å². The number of hydrogen-bond donors (Lipinski definition) is 1. The quantitative estimate of drug-likeness (QED) is 0.837. The van der Waals surface area contributed by atoms with Crippen LogP contribution in [0, 0.1) is 0 Å². The van der Waals surface area contributed by atoms with E-state index < -0.39 is 0 Å². The summed E-state index contributed by atoms with van der Waals surface area (Å²) in [5, 5.41) is 1.23. The molecule has 1 aliphatic rings. The van der Waals surface area contributed by atoms with Gasteiger partial charge in [0.25, 0.3) is 0 Å². The van der Waals surface area contributed by atoms with E-state index >= 15 is 0 Å². The summed E-state index contributed by atoms with van der Waals surface area (Å²) in [5.74, 6) is 0. The van der Waals surface area contributed by atoms with Crippen LogP contribution >= 0.6 is 11.3 Å². The molecule has 3 rings (SSSR count). The number of hydrogen-bond acceptors (Lipinski definition) is 3. The Morgan fingerprint density at radius 2 is 2.18 bits per heavy atom. The highest BCUT2D eigenvalue weighted by Crippen LogP contribution is 2.41. The Morgan fingerprint density at radius 1 is 1.35 bits per heavy atom. The molecule has 3 heteroatoms. The lowest BCUT2D eigenvalue weighted by Crippen LogP contribution is -2.45. The molecular weight excluding hydrogens is 228 g/mol. The predicted octanol–water partition coefficient (Wildman–Crippen LogP) is 3.46. The summed E-state index contributed by atoms with van der Waals surface area (Å²) in [5.41, 5.74) is 7.54. The van der Waals surface area contributed by atoms with Crippen LogP contribution in [0.4, 0.5) is 0 Å². The van der Waals surface area contributed by atoms with Crippen molar-refractivity contribution in [3.05, 3.63) is 29.3 Å². The molecule has 2 N–H and O–H groups in total. The summed E-state index contributed by atoms with van der Waals surface area (Å²) in [4.78, 5) is 4.80. The van der Waals surface area contributed by atoms with E-state index in [1.807, 2.05) is 11.3 Å². The van der Waals surface area contributed by atoms with Crippen molar-refractivity contribution in [3.8, 4) is 0 Å². The molecular formula is C14H18N2S. The van der Waals surface area contributed by atoms with Crippen LogP contribution in [0.2, 0.25) is 0 Å². The molecule has 0 saturated heterocycles. The van der Waals surface area contributed by atoms with Crippen LogP contribution in [0.3, 0.4) is 0 Å². The van der Waals surface area contributed by atoms with Crippen LogP contribution < -0.4 is 5.73 Å². The van der Waals surface area contributed by atoms with Crippen LogP contribution in [0.1, 0.15) is 37.6 Å². The summed E-state index contributed by atoms with van der Waals surface area (Å²) < 4.78 is 1.28. The molecule has 1 aromatic heterocycles. The molecule has 2 nitrogen and oxygen atoms in total. The Bertz CT molecular complexity index is 501. The highest BCUT2D eigenvalue weighted by Gasteiger charge is 2.38. The number of fused-ring (bicyclic) bond motifs is 1. The second-order valence-corrected chi connectivity index (χ2v) is 6.29. The van der Waals surface area contributed by atoms with E-state index in [0.29, 0.717) is 0 Å². The van der Waals surface area contributed by atoms with Crippen molar-refractivity contribution in [2.24, 2.45) is 5.73 Å². The molecule has 0 aliphatic heterocycles. The number of thiazole rings is 1. The Balaban J connectivity index is 2.07. The number of nitrogens with zero attached hydrogens (tertiary/aromatic N) is 1. The molecule has 0 spiro atoms. The maximum atomic E-state index is 6.33. The molecule has 1 aromatic carbocycles. The second kappa shape index (κ2) is 4.07. The van der Waals surface area contributed by atoms with Crippen molar-refractivity contribution < 1.29 is 0 Å². The molecule has 1 fully saturated rings. The summed E-state index contributed by atoms with van der Waals surface area (Å²) in [6.07, 6.45) is 4.85. The molecule has 2 aromatic rings. The van der Waals surface area contributed by atoms with Gasteiger partial charge in [-0.2, -0.15) is 0 Å². The van der Waals surface area contributed by atoms with Crippen molar-refractivity contribution in [2.75, 3.05) is 0 Å². The molecule has 17 heavy (non-hydrogen) atoms. The fourth-order valence-electron chi connectivity index (χ4n) is 2.74. The highest BCUT2D eigenvalue weighted by molar-refractivity contribution is 7.18. The first-order valence-corrected chi connectivity index (χ1v) is 7.13. The molecule has 2 atom stereocenters. The topological polar surface area (TPSA) is 38.9 Å². The zero-order valence-corrected chi connectivity index (χ0v) is 11.0. The van der Waals surface area contributed by atoms with Crippen LogP contribution in [0.25, 0.3) is 10.2 Å². The smallest absolute Gasteiger partial charge is 0.101 e. The minimum atomic E-state index is 0.0853. The zero-order valence-electron chi connectivity index (χ0n) is 10.1. The van der Waals surface area contributed by atoms with Gasteiger partial charge in [-0.1, -0.05) is 31.9 Å². The third kappa shape index (κ3) is 1.78. The van der Waals surface area contributed by atoms with Crippen molar-refractivity contribution in [1.82, 2.24) is 4.98 Å². The van der Waals surface area contributed by atoms with Crippen molar-refractivity contribution in [1.29, 1.82) is 0 Å². The van der Waals surface area contributed by atoms with Gasteiger partial charge < -0.3 is 5.73 Å². The minimum Gasteiger partial charge on any atom is -0.327 e. The first-order chi connectivity index (χ1) is 8.20. The Hall–Kier alpha value is -0.930. The van der Waals surface area contributed by atoms with E-state index in [-0.39, 0.29) is 11.5 Å². The van der Waals surface area contributed by atoms with Gasteiger partial charge in [-0.3, -0.25) is 0 Å². The van der Waals surface area contributed by atoms with Crippen LogP contribution in [-0.2, 0) is 5.41 Å². The van der Waals surface area contributed by atoms with E-state index in [1.165, 1.54) is 29.0 Å². The molecule has 0 amide bonds. The van der Waals surface area contributed by atoms with E-state index in [0.717, 1.165) is 11.9 Å². The maximum absolute atomic E-state index is 6.33. The van der Waals surface area contributed by atoms with Gasteiger partial charge in [-0.25, -0.2) is 4.98 Å². The summed E-state index contributed by atoms with van der Waals surface area (Å²) in [6, 6.07) is 8.63. The highest BCUT2D eigenvalue weighted by atomic mass is 32.1. The maximum Gasteiger partial charge on any atom is 0.101 e. The standard InChI is InChI=1S/C14H18N2S/c1-14(9-5-4-8-12(14)15)13-16-10-6-2-3-7-11(10)17-13/h2-3,6-7,12H,4-5,8-9,15H2,1H3. The molecule has 1 saturated carbocycles. The fourth-order valence-corrected chi connectivity index (χ4v) is 3.95. The zero-order chi connectivity index (χ0) is 11.9. The number of benzene rings is 1. The Labute approximate surface area is 106 Å². The molecule has 2 unspecified atom stereocenters. The third-order valence-electron chi connectivity index (χ3n) is 4.06. The van der Waals surface area contributed by atoms with Gasteiger partial charge in [0.2, 0.25) is 0 Å². The van der Waals surface area contributed by atoms with Crippen molar-refractivity contribution in [3.63, 3.8) is 0 Å². The average Bonchev–Trinajstić information content (AvgIpc) is 2.77. The lowest BCUT2D eigenvalue weighted by Gasteiger charge is -2.37. The van der Waals surface area contributed by atoms with Crippen LogP contribution in [0.15, 0.2) is 24.3 Å². The molecule has 1 heterocycles. The van der Waals surface area contributed by atoms with Crippen molar-refractivity contribution in [2.45, 2.75) is 44.1 Å². The largest absolute Gasteiger partial charge is 0.327 e. The summed E-state index contributed by atoms with van der Waals surface area (Å²) >= 11 is 1.82. The Kier molecular flexibility index (Phi) is 2.68.